The van der Waals surface area contributed by atoms with Crippen LogP contribution in [0.2, 0.25) is 0 Å². The molecule has 4 aliphatic heterocycles. The average Bonchev–Trinajstić information content (AvgIpc) is 3.55. The number of hydrogen-bond acceptors (Lipinski definition) is 8. The van der Waals surface area contributed by atoms with Gasteiger partial charge in [-0.25, -0.2) is 0 Å². The van der Waals surface area contributed by atoms with Gasteiger partial charge in [-0.1, -0.05) is 0 Å². The molecular formula is C34H52O8. The van der Waals surface area contributed by atoms with Crippen LogP contribution in [0.4, 0.5) is 0 Å². The molecule has 12 rings (SSSR count). The van der Waals surface area contributed by atoms with Gasteiger partial charge >= 0.3 is 0 Å². The highest BCUT2D eigenvalue weighted by Crippen LogP contribution is 2.69. The van der Waals surface area contributed by atoms with Crippen LogP contribution in [-0.2, 0) is 28.4 Å². The molecule has 12 aliphatic rings. The topological polar surface area (TPSA) is 95.8 Å². The Balaban J connectivity index is 0.000000119. The van der Waals surface area contributed by atoms with E-state index in [4.69, 9.17) is 28.4 Å². The van der Waals surface area contributed by atoms with Gasteiger partial charge in [0.05, 0.1) is 13.2 Å². The molecule has 2 N–H and O–H groups in total. The molecule has 42 heavy (non-hydrogen) atoms. The van der Waals surface area contributed by atoms with E-state index >= 15 is 0 Å². The average molecular weight is 589 g/mol. The zero-order valence-electron chi connectivity index (χ0n) is 26.0. The Morgan fingerprint density at radius 1 is 0.476 bits per heavy atom. The Hall–Kier alpha value is -0.320. The molecule has 0 aromatic heterocycles. The number of hydrogen-bond donors (Lipinski definition) is 2. The Bertz CT molecular complexity index is 962. The van der Waals surface area contributed by atoms with Crippen molar-refractivity contribution in [3.63, 3.8) is 0 Å². The molecule has 0 unspecified atom stereocenters. The fourth-order valence-corrected chi connectivity index (χ4v) is 13.6. The minimum Gasteiger partial charge on any atom is -0.366 e. The summed E-state index contributed by atoms with van der Waals surface area (Å²) in [5.41, 5.74) is -0.521. The van der Waals surface area contributed by atoms with E-state index in [1.165, 1.54) is 77.0 Å². The molecule has 236 valence electrons. The van der Waals surface area contributed by atoms with E-state index in [0.717, 1.165) is 35.5 Å². The van der Waals surface area contributed by atoms with Crippen LogP contribution < -0.4 is 0 Å². The highest BCUT2D eigenvalue weighted by molar-refractivity contribution is 5.19. The predicted molar refractivity (Wildman–Crippen MR) is 151 cm³/mol. The molecule has 0 spiro atoms. The van der Waals surface area contributed by atoms with Crippen molar-refractivity contribution in [3.05, 3.63) is 0 Å². The van der Waals surface area contributed by atoms with Crippen molar-refractivity contribution in [2.75, 3.05) is 13.2 Å². The maximum absolute atomic E-state index is 10.3. The summed E-state index contributed by atoms with van der Waals surface area (Å²) in [7, 11) is 0. The van der Waals surface area contributed by atoms with E-state index in [2.05, 4.69) is 0 Å². The monoisotopic (exact) mass is 588 g/mol. The van der Waals surface area contributed by atoms with Crippen molar-refractivity contribution >= 4 is 0 Å². The number of aliphatic hydroxyl groups is 2. The molecule has 4 heterocycles. The highest BCUT2D eigenvalue weighted by atomic mass is 16.8. The number of ether oxygens (including phenoxy) is 6. The van der Waals surface area contributed by atoms with Gasteiger partial charge in [-0.15, -0.1) is 0 Å². The van der Waals surface area contributed by atoms with Gasteiger partial charge in [0.2, 0.25) is 0 Å². The molecule has 8 heteroatoms. The van der Waals surface area contributed by atoms with Crippen molar-refractivity contribution in [2.24, 2.45) is 46.3 Å². The lowest BCUT2D eigenvalue weighted by Crippen LogP contribution is -2.63. The molecule has 0 aromatic carbocycles. The van der Waals surface area contributed by atoms with E-state index in [-0.39, 0.29) is 23.0 Å². The van der Waals surface area contributed by atoms with Crippen LogP contribution in [0.5, 0.6) is 0 Å². The smallest absolute Gasteiger partial charge is 0.184 e. The summed E-state index contributed by atoms with van der Waals surface area (Å²) in [5, 5.41) is 20.5. The maximum Gasteiger partial charge on any atom is 0.184 e. The van der Waals surface area contributed by atoms with E-state index in [9.17, 15) is 10.2 Å². The molecule has 6 atom stereocenters. The summed E-state index contributed by atoms with van der Waals surface area (Å²) in [5.74, 6) is 3.92. The molecule has 0 amide bonds. The van der Waals surface area contributed by atoms with Crippen LogP contribution in [-0.4, -0.2) is 71.0 Å². The van der Waals surface area contributed by atoms with Crippen molar-refractivity contribution in [3.8, 4) is 0 Å². The molecular weight excluding hydrogens is 536 g/mol. The predicted octanol–water partition coefficient (Wildman–Crippen LogP) is 4.88. The zero-order chi connectivity index (χ0) is 28.9. The van der Waals surface area contributed by atoms with E-state index in [1.54, 1.807) is 0 Å². The lowest BCUT2D eigenvalue weighted by Gasteiger charge is -2.62. The molecule has 0 radical (unpaired) electrons. The summed E-state index contributed by atoms with van der Waals surface area (Å²) >= 11 is 0. The van der Waals surface area contributed by atoms with Gasteiger partial charge in [0.1, 0.15) is 23.4 Å². The molecule has 8 aliphatic carbocycles. The molecule has 8 saturated carbocycles. The van der Waals surface area contributed by atoms with E-state index in [0.29, 0.717) is 13.2 Å². The lowest BCUT2D eigenvalue weighted by atomic mass is 9.45. The van der Waals surface area contributed by atoms with Crippen LogP contribution in [0.1, 0.15) is 105 Å². The van der Waals surface area contributed by atoms with Crippen molar-refractivity contribution in [1.82, 2.24) is 0 Å². The van der Waals surface area contributed by atoms with Crippen molar-refractivity contribution < 1.29 is 38.6 Å². The quantitative estimate of drug-likeness (QED) is 0.471. The van der Waals surface area contributed by atoms with Gasteiger partial charge in [-0.05, 0) is 140 Å². The molecule has 8 nitrogen and oxygen atoms in total. The van der Waals surface area contributed by atoms with Gasteiger partial charge in [0, 0.05) is 10.8 Å². The molecule has 8 bridgehead atoms. The minimum atomic E-state index is -0.834. The van der Waals surface area contributed by atoms with Gasteiger partial charge in [0.25, 0.3) is 0 Å². The SMILES string of the molecule is CC1(C)O[C@@H]2[C@@H](O)OC[C@]2(C23CC4CC(CC(C4)C2)C3)O1.CC1(C)O[C@@H]2[C@@H](O)OC[C@]2(C23CC4CC(CC(C4)C2)C3)O1. The van der Waals surface area contributed by atoms with Crippen molar-refractivity contribution in [2.45, 2.75) is 152 Å². The van der Waals surface area contributed by atoms with Crippen LogP contribution in [0, 0.1) is 46.3 Å². The summed E-state index contributed by atoms with van der Waals surface area (Å²) in [4.78, 5) is 0. The second kappa shape index (κ2) is 8.72. The fraction of sp³-hybridized carbons (Fsp3) is 1.00. The molecule has 12 fully saturated rings. The second-order valence-corrected chi connectivity index (χ2v) is 17.7. The first-order chi connectivity index (χ1) is 19.8. The number of fused-ring (bicyclic) bond motifs is 2. The Morgan fingerprint density at radius 2 is 0.762 bits per heavy atom. The summed E-state index contributed by atoms with van der Waals surface area (Å²) in [6, 6.07) is 0. The zero-order valence-corrected chi connectivity index (χ0v) is 26.0. The van der Waals surface area contributed by atoms with Crippen LogP contribution in [0.15, 0.2) is 0 Å². The normalized spacial score (nSPS) is 60.4. The van der Waals surface area contributed by atoms with Crippen molar-refractivity contribution in [1.29, 1.82) is 0 Å². The van der Waals surface area contributed by atoms with Crippen LogP contribution in [0.3, 0.4) is 0 Å². The minimum absolute atomic E-state index is 0.164. The third-order valence-corrected chi connectivity index (χ3v) is 13.9. The summed E-state index contributed by atoms with van der Waals surface area (Å²) < 4.78 is 36.4. The lowest BCUT2D eigenvalue weighted by molar-refractivity contribution is -0.243. The Morgan fingerprint density at radius 3 is 1.05 bits per heavy atom. The Kier molecular flexibility index (Phi) is 5.81. The third kappa shape index (κ3) is 3.76. The van der Waals surface area contributed by atoms with Gasteiger partial charge in [-0.2, -0.15) is 0 Å². The van der Waals surface area contributed by atoms with Crippen LogP contribution in [0.25, 0.3) is 0 Å². The Labute approximate surface area is 250 Å². The largest absolute Gasteiger partial charge is 0.366 e. The van der Waals surface area contributed by atoms with Gasteiger partial charge < -0.3 is 38.6 Å². The van der Waals surface area contributed by atoms with E-state index < -0.39 is 35.4 Å². The summed E-state index contributed by atoms with van der Waals surface area (Å²) in [6.45, 7) is 8.88. The highest BCUT2D eigenvalue weighted by Gasteiger charge is 2.74. The second-order valence-electron chi connectivity index (χ2n) is 17.7. The third-order valence-electron chi connectivity index (χ3n) is 13.9. The standard InChI is InChI=1S/2C17H26O4/c2*1-15(2)20-13-14(18)19-9-17(13,21-15)16-6-10-3-11(7-16)5-12(4-10)8-16/h2*10-14,18H,3-9H2,1-2H3/t2*10?,11?,12?,13-,14+,16?,17+/m11/s1. The first-order valence-corrected chi connectivity index (χ1v) is 17.2. The maximum atomic E-state index is 10.3. The molecule has 0 aromatic rings. The van der Waals surface area contributed by atoms with Gasteiger partial charge in [-0.3, -0.25) is 0 Å². The van der Waals surface area contributed by atoms with Crippen LogP contribution >= 0.6 is 0 Å². The number of aliphatic hydroxyl groups excluding tert-OH is 2. The first-order valence-electron chi connectivity index (χ1n) is 17.2. The van der Waals surface area contributed by atoms with Gasteiger partial charge in [0.15, 0.2) is 24.2 Å². The fourth-order valence-electron chi connectivity index (χ4n) is 13.6. The first kappa shape index (κ1) is 27.9. The summed E-state index contributed by atoms with van der Waals surface area (Å²) in [6.07, 6.45) is 13.6. The van der Waals surface area contributed by atoms with E-state index in [1.807, 2.05) is 27.7 Å². The molecule has 4 saturated heterocycles. The number of rotatable bonds is 2.